The molecule has 0 saturated heterocycles. The number of halogens is 2. The van der Waals surface area contributed by atoms with Crippen LogP contribution in [0.25, 0.3) is 6.08 Å². The summed E-state index contributed by atoms with van der Waals surface area (Å²) < 4.78 is 6.21. The molecule has 0 aliphatic carbocycles. The zero-order valence-corrected chi connectivity index (χ0v) is 15.0. The summed E-state index contributed by atoms with van der Waals surface area (Å²) in [5.41, 5.74) is 1.28. The lowest BCUT2D eigenvalue weighted by Gasteiger charge is -2.03. The highest BCUT2D eigenvalue weighted by atomic mass is 79.9. The standard InChI is InChI=1S/C17H11Br2NO3/c18-14-9-11(10-15(19)17(14)22)1-6-16(21)12-2-4-13(5-3-12)23-8-7-20/h1-6,9-10,22H,8H2/b6-1+. The van der Waals surface area contributed by atoms with Crippen molar-refractivity contribution >= 4 is 43.7 Å². The number of hydrogen-bond donors (Lipinski definition) is 1. The molecule has 2 rings (SSSR count). The molecule has 0 aliphatic heterocycles. The molecule has 0 aliphatic rings. The molecule has 1 N–H and O–H groups in total. The van der Waals surface area contributed by atoms with E-state index in [2.05, 4.69) is 31.9 Å². The van der Waals surface area contributed by atoms with E-state index >= 15 is 0 Å². The summed E-state index contributed by atoms with van der Waals surface area (Å²) in [5.74, 6) is 0.497. The van der Waals surface area contributed by atoms with Gasteiger partial charge in [-0.05, 0) is 79.9 Å². The summed E-state index contributed by atoms with van der Waals surface area (Å²) in [6, 6.07) is 11.9. The highest BCUT2D eigenvalue weighted by Gasteiger charge is 2.06. The minimum atomic E-state index is -0.155. The Hall–Kier alpha value is -2.10. The van der Waals surface area contributed by atoms with Gasteiger partial charge in [0, 0.05) is 5.56 Å². The average Bonchev–Trinajstić information content (AvgIpc) is 2.56. The first-order chi connectivity index (χ1) is 11.0. The first kappa shape index (κ1) is 17.3. The monoisotopic (exact) mass is 435 g/mol. The maximum absolute atomic E-state index is 12.1. The third-order valence-electron chi connectivity index (χ3n) is 2.91. The van der Waals surface area contributed by atoms with E-state index in [4.69, 9.17) is 10.00 Å². The SMILES string of the molecule is N#CCOc1ccc(C(=O)/C=C/c2cc(Br)c(O)c(Br)c2)cc1. The molecular formula is C17H11Br2NO3. The van der Waals surface area contributed by atoms with Gasteiger partial charge in [-0.2, -0.15) is 5.26 Å². The average molecular weight is 437 g/mol. The zero-order valence-electron chi connectivity index (χ0n) is 11.8. The fourth-order valence-electron chi connectivity index (χ4n) is 1.78. The lowest BCUT2D eigenvalue weighted by Crippen LogP contribution is -1.96. The molecule has 0 fully saturated rings. The molecule has 0 spiro atoms. The smallest absolute Gasteiger partial charge is 0.185 e. The number of benzene rings is 2. The van der Waals surface area contributed by atoms with Crippen LogP contribution < -0.4 is 4.74 Å². The van der Waals surface area contributed by atoms with E-state index in [0.29, 0.717) is 20.3 Å². The van der Waals surface area contributed by atoms with Crippen molar-refractivity contribution in [2.45, 2.75) is 0 Å². The minimum Gasteiger partial charge on any atom is -0.506 e. The lowest BCUT2D eigenvalue weighted by molar-refractivity contribution is 0.104. The van der Waals surface area contributed by atoms with Crippen LogP contribution in [0.1, 0.15) is 15.9 Å². The van der Waals surface area contributed by atoms with Gasteiger partial charge in [-0.15, -0.1) is 0 Å². The van der Waals surface area contributed by atoms with E-state index in [1.54, 1.807) is 42.5 Å². The summed E-state index contributed by atoms with van der Waals surface area (Å²) >= 11 is 6.48. The van der Waals surface area contributed by atoms with Gasteiger partial charge < -0.3 is 9.84 Å². The molecule has 2 aromatic carbocycles. The van der Waals surface area contributed by atoms with Gasteiger partial charge in [0.15, 0.2) is 12.4 Å². The highest BCUT2D eigenvalue weighted by molar-refractivity contribution is 9.11. The number of phenols is 1. The second-order valence-corrected chi connectivity index (χ2v) is 6.21. The molecule has 0 bridgehead atoms. The third kappa shape index (κ3) is 4.68. The van der Waals surface area contributed by atoms with Gasteiger partial charge in [0.1, 0.15) is 17.6 Å². The Labute approximate surface area is 150 Å². The number of nitriles is 1. The van der Waals surface area contributed by atoms with Crippen LogP contribution in [0, 0.1) is 11.3 Å². The van der Waals surface area contributed by atoms with Crippen LogP contribution in [-0.2, 0) is 0 Å². The van der Waals surface area contributed by atoms with Crippen LogP contribution in [0.15, 0.2) is 51.4 Å². The van der Waals surface area contributed by atoms with Gasteiger partial charge in [0.2, 0.25) is 0 Å². The van der Waals surface area contributed by atoms with Crippen molar-refractivity contribution in [1.29, 1.82) is 5.26 Å². The highest BCUT2D eigenvalue weighted by Crippen LogP contribution is 2.33. The molecular weight excluding hydrogens is 426 g/mol. The van der Waals surface area contributed by atoms with Crippen LogP contribution in [0.2, 0.25) is 0 Å². The quantitative estimate of drug-likeness (QED) is 0.543. The Bertz CT molecular complexity index is 769. The molecule has 116 valence electrons. The van der Waals surface area contributed by atoms with Crippen LogP contribution >= 0.6 is 31.9 Å². The molecule has 0 atom stereocenters. The number of carbonyl (C=O) groups excluding carboxylic acids is 1. The molecule has 2 aromatic rings. The second kappa shape index (κ2) is 7.95. The van der Waals surface area contributed by atoms with Gasteiger partial charge in [-0.3, -0.25) is 4.79 Å². The van der Waals surface area contributed by atoms with Gasteiger partial charge in [0.05, 0.1) is 8.95 Å². The van der Waals surface area contributed by atoms with Gasteiger partial charge in [-0.1, -0.05) is 6.08 Å². The van der Waals surface area contributed by atoms with Crippen LogP contribution in [0.4, 0.5) is 0 Å². The number of ether oxygens (including phenoxy) is 1. The van der Waals surface area contributed by atoms with Crippen molar-refractivity contribution in [2.24, 2.45) is 0 Å². The Morgan fingerprint density at radius 2 is 1.83 bits per heavy atom. The van der Waals surface area contributed by atoms with Gasteiger partial charge >= 0.3 is 0 Å². The van der Waals surface area contributed by atoms with Gasteiger partial charge in [0.25, 0.3) is 0 Å². The first-order valence-electron chi connectivity index (χ1n) is 6.51. The molecule has 0 heterocycles. The molecule has 0 aromatic heterocycles. The van der Waals surface area contributed by atoms with Crippen LogP contribution in [0.5, 0.6) is 11.5 Å². The summed E-state index contributed by atoms with van der Waals surface area (Å²) in [4.78, 5) is 12.1. The molecule has 23 heavy (non-hydrogen) atoms. The molecule has 0 radical (unpaired) electrons. The maximum atomic E-state index is 12.1. The van der Waals surface area contributed by atoms with Gasteiger partial charge in [-0.25, -0.2) is 0 Å². The number of rotatable bonds is 5. The Morgan fingerprint density at radius 3 is 2.39 bits per heavy atom. The first-order valence-corrected chi connectivity index (χ1v) is 8.10. The normalized spacial score (nSPS) is 10.5. The zero-order chi connectivity index (χ0) is 16.8. The van der Waals surface area contributed by atoms with E-state index < -0.39 is 0 Å². The summed E-state index contributed by atoms with van der Waals surface area (Å²) in [6.07, 6.45) is 3.12. The molecule has 0 unspecified atom stereocenters. The third-order valence-corrected chi connectivity index (χ3v) is 4.12. The number of nitrogens with zero attached hydrogens (tertiary/aromatic N) is 1. The van der Waals surface area contributed by atoms with E-state index in [9.17, 15) is 9.90 Å². The number of aromatic hydroxyl groups is 1. The minimum absolute atomic E-state index is 0.0300. The largest absolute Gasteiger partial charge is 0.506 e. The van der Waals surface area contributed by atoms with Crippen molar-refractivity contribution in [1.82, 2.24) is 0 Å². The Kier molecular flexibility index (Phi) is 5.97. The van der Waals surface area contributed by atoms with E-state index in [1.807, 2.05) is 6.07 Å². The Morgan fingerprint density at radius 1 is 1.22 bits per heavy atom. The van der Waals surface area contributed by atoms with E-state index in [-0.39, 0.29) is 18.1 Å². The number of carbonyl (C=O) groups is 1. The summed E-state index contributed by atoms with van der Waals surface area (Å²) in [7, 11) is 0. The number of phenolic OH excluding ortho intramolecular Hbond substituents is 1. The summed E-state index contributed by atoms with van der Waals surface area (Å²) in [5, 5.41) is 18.1. The fourth-order valence-corrected chi connectivity index (χ4v) is 3.00. The number of hydrogen-bond acceptors (Lipinski definition) is 4. The maximum Gasteiger partial charge on any atom is 0.185 e. The second-order valence-electron chi connectivity index (χ2n) is 4.50. The molecule has 0 saturated carbocycles. The lowest BCUT2D eigenvalue weighted by atomic mass is 10.1. The number of allylic oxidation sites excluding steroid dienone is 1. The molecule has 6 heteroatoms. The van der Waals surface area contributed by atoms with Crippen molar-refractivity contribution in [3.8, 4) is 17.6 Å². The topological polar surface area (TPSA) is 70.3 Å². The molecule has 0 amide bonds. The predicted octanol–water partition coefficient (Wildman–Crippen LogP) is 4.72. The van der Waals surface area contributed by atoms with Crippen molar-refractivity contribution < 1.29 is 14.6 Å². The summed E-state index contributed by atoms with van der Waals surface area (Å²) in [6.45, 7) is -0.0300. The van der Waals surface area contributed by atoms with E-state index in [1.165, 1.54) is 6.08 Å². The predicted molar refractivity (Wildman–Crippen MR) is 94.4 cm³/mol. The van der Waals surface area contributed by atoms with Crippen molar-refractivity contribution in [3.05, 3.63) is 62.5 Å². The molecule has 4 nitrogen and oxygen atoms in total. The Balaban J connectivity index is 2.11. The number of ketones is 1. The van der Waals surface area contributed by atoms with Crippen molar-refractivity contribution in [2.75, 3.05) is 6.61 Å². The fraction of sp³-hybridized carbons (Fsp3) is 0.0588. The van der Waals surface area contributed by atoms with Crippen LogP contribution in [-0.4, -0.2) is 17.5 Å². The van der Waals surface area contributed by atoms with E-state index in [0.717, 1.165) is 5.56 Å². The van der Waals surface area contributed by atoms with Crippen molar-refractivity contribution in [3.63, 3.8) is 0 Å². The van der Waals surface area contributed by atoms with Crippen LogP contribution in [0.3, 0.4) is 0 Å².